The summed E-state index contributed by atoms with van der Waals surface area (Å²) in [7, 11) is 0. The highest BCUT2D eigenvalue weighted by Crippen LogP contribution is 2.09. The van der Waals surface area contributed by atoms with Crippen LogP contribution >= 0.6 is 11.8 Å². The van der Waals surface area contributed by atoms with Gasteiger partial charge in [-0.15, -0.1) is 0 Å². The molecule has 24 heavy (non-hydrogen) atoms. The maximum atomic E-state index is 11.6. The molecule has 0 fully saturated rings. The number of hydrogen-bond donors (Lipinski definition) is 3. The lowest BCUT2D eigenvalue weighted by Gasteiger charge is -2.18. The van der Waals surface area contributed by atoms with Gasteiger partial charge in [-0.25, -0.2) is 0 Å². The second-order valence-electron chi connectivity index (χ2n) is 5.14. The highest BCUT2D eigenvalue weighted by Gasteiger charge is 2.22. The van der Waals surface area contributed by atoms with Crippen LogP contribution in [0.4, 0.5) is 0 Å². The van der Waals surface area contributed by atoms with Crippen LogP contribution in [-0.4, -0.2) is 76.4 Å². The number of ether oxygens (including phenoxy) is 1. The van der Waals surface area contributed by atoms with Crippen LogP contribution in [0.2, 0.25) is 0 Å². The van der Waals surface area contributed by atoms with Crippen molar-refractivity contribution in [2.75, 3.05) is 31.2 Å². The van der Waals surface area contributed by atoms with Gasteiger partial charge < -0.3 is 20.3 Å². The van der Waals surface area contributed by atoms with Crippen molar-refractivity contribution < 1.29 is 29.3 Å². The molecule has 1 aliphatic rings. The Morgan fingerprint density at radius 3 is 2.62 bits per heavy atom. The molecule has 0 saturated heterocycles. The van der Waals surface area contributed by atoms with Crippen molar-refractivity contribution in [1.82, 2.24) is 10.2 Å². The minimum absolute atomic E-state index is 0.141. The summed E-state index contributed by atoms with van der Waals surface area (Å²) in [5, 5.41) is 21.2. The summed E-state index contributed by atoms with van der Waals surface area (Å²) in [4.78, 5) is 35.3. The summed E-state index contributed by atoms with van der Waals surface area (Å²) in [5.41, 5.74) is 0. The Morgan fingerprint density at radius 1 is 1.38 bits per heavy atom. The van der Waals surface area contributed by atoms with E-state index in [1.165, 1.54) is 23.9 Å². The molecule has 3 N–H and O–H groups in total. The first-order valence-corrected chi connectivity index (χ1v) is 8.95. The minimum atomic E-state index is -0.977. The smallest absolute Gasteiger partial charge is 0.253 e. The van der Waals surface area contributed by atoms with E-state index in [2.05, 4.69) is 5.32 Å². The van der Waals surface area contributed by atoms with Crippen LogP contribution in [0.3, 0.4) is 0 Å². The lowest BCUT2D eigenvalue weighted by atomic mass is 10.3. The summed E-state index contributed by atoms with van der Waals surface area (Å²) < 4.78 is 5.21. The van der Waals surface area contributed by atoms with Gasteiger partial charge in [-0.1, -0.05) is 6.92 Å². The Morgan fingerprint density at radius 2 is 2.04 bits per heavy atom. The van der Waals surface area contributed by atoms with Gasteiger partial charge in [0, 0.05) is 43.2 Å². The fraction of sp³-hybridized carbons (Fsp3) is 0.667. The standard InChI is InChI=1S/C15H24N2O6S/c1-2-11(9-18)23-15(22)10-24-8-5-12(19)16-6-7-17-13(20)3-4-14(17)21/h3-4,11,15,18,22H,2,5-10H2,1H3,(H,16,19). The van der Waals surface area contributed by atoms with Gasteiger partial charge in [0.25, 0.3) is 11.8 Å². The van der Waals surface area contributed by atoms with Gasteiger partial charge in [0.1, 0.15) is 0 Å². The molecule has 8 nitrogen and oxygen atoms in total. The lowest BCUT2D eigenvalue weighted by Crippen LogP contribution is -2.38. The average molecular weight is 360 g/mol. The van der Waals surface area contributed by atoms with Gasteiger partial charge in [-0.2, -0.15) is 11.8 Å². The molecule has 1 heterocycles. The number of nitrogens with one attached hydrogen (secondary N) is 1. The number of amides is 3. The van der Waals surface area contributed by atoms with Crippen molar-refractivity contribution in [2.45, 2.75) is 32.2 Å². The number of hydrogen-bond acceptors (Lipinski definition) is 7. The fourth-order valence-electron chi connectivity index (χ4n) is 1.93. The van der Waals surface area contributed by atoms with Crippen LogP contribution in [0.25, 0.3) is 0 Å². The molecule has 3 amide bonds. The van der Waals surface area contributed by atoms with Gasteiger partial charge in [0.05, 0.1) is 12.7 Å². The van der Waals surface area contributed by atoms with E-state index in [0.29, 0.717) is 17.9 Å². The van der Waals surface area contributed by atoms with Gasteiger partial charge in [0.2, 0.25) is 5.91 Å². The van der Waals surface area contributed by atoms with E-state index in [1.54, 1.807) is 0 Å². The number of thioether (sulfide) groups is 1. The topological polar surface area (TPSA) is 116 Å². The van der Waals surface area contributed by atoms with E-state index in [4.69, 9.17) is 9.84 Å². The van der Waals surface area contributed by atoms with E-state index >= 15 is 0 Å². The van der Waals surface area contributed by atoms with E-state index in [9.17, 15) is 19.5 Å². The van der Waals surface area contributed by atoms with E-state index in [0.717, 1.165) is 4.90 Å². The van der Waals surface area contributed by atoms with Gasteiger partial charge in [-0.05, 0) is 6.42 Å². The average Bonchev–Trinajstić information content (AvgIpc) is 2.88. The van der Waals surface area contributed by atoms with Crippen molar-refractivity contribution in [1.29, 1.82) is 0 Å². The number of rotatable bonds is 12. The summed E-state index contributed by atoms with van der Waals surface area (Å²) in [6.45, 7) is 2.07. The highest BCUT2D eigenvalue weighted by atomic mass is 32.2. The molecule has 1 rings (SSSR count). The lowest BCUT2D eigenvalue weighted by molar-refractivity contribution is -0.137. The van der Waals surface area contributed by atoms with Crippen molar-refractivity contribution in [3.8, 4) is 0 Å². The zero-order valence-electron chi connectivity index (χ0n) is 13.6. The summed E-state index contributed by atoms with van der Waals surface area (Å²) >= 11 is 1.37. The molecule has 0 aromatic rings. The summed E-state index contributed by atoms with van der Waals surface area (Å²) in [5.74, 6) is -0.108. The molecule has 0 saturated carbocycles. The number of nitrogens with zero attached hydrogens (tertiary/aromatic N) is 1. The van der Waals surface area contributed by atoms with Crippen molar-refractivity contribution >= 4 is 29.5 Å². The first-order chi connectivity index (χ1) is 11.5. The third-order valence-corrected chi connectivity index (χ3v) is 4.31. The van der Waals surface area contributed by atoms with Crippen LogP contribution in [0.1, 0.15) is 19.8 Å². The fourth-order valence-corrected chi connectivity index (χ4v) is 2.70. The second kappa shape index (κ2) is 11.2. The van der Waals surface area contributed by atoms with E-state index in [1.807, 2.05) is 6.92 Å². The number of carbonyl (C=O) groups is 3. The molecule has 136 valence electrons. The molecule has 2 atom stereocenters. The summed E-state index contributed by atoms with van der Waals surface area (Å²) in [6, 6.07) is 0. The molecule has 9 heteroatoms. The van der Waals surface area contributed by atoms with Crippen LogP contribution in [0.5, 0.6) is 0 Å². The first-order valence-electron chi connectivity index (χ1n) is 7.80. The maximum Gasteiger partial charge on any atom is 0.253 e. The van der Waals surface area contributed by atoms with Crippen LogP contribution in [0, 0.1) is 0 Å². The molecular formula is C15H24N2O6S. The summed E-state index contributed by atoms with van der Waals surface area (Å²) in [6.07, 6.45) is 1.92. The molecule has 0 radical (unpaired) electrons. The van der Waals surface area contributed by atoms with E-state index in [-0.39, 0.29) is 49.9 Å². The normalized spacial score (nSPS) is 16.5. The maximum absolute atomic E-state index is 11.6. The molecule has 0 aromatic heterocycles. The zero-order chi connectivity index (χ0) is 17.9. The Labute approximate surface area is 145 Å². The molecule has 0 aliphatic carbocycles. The zero-order valence-corrected chi connectivity index (χ0v) is 14.5. The van der Waals surface area contributed by atoms with Gasteiger partial charge in [0.15, 0.2) is 6.29 Å². The van der Waals surface area contributed by atoms with Crippen LogP contribution in [-0.2, 0) is 19.1 Å². The number of aliphatic hydroxyl groups excluding tert-OH is 2. The van der Waals surface area contributed by atoms with Gasteiger partial charge in [-0.3, -0.25) is 19.3 Å². The Balaban J connectivity index is 2.06. The van der Waals surface area contributed by atoms with Crippen molar-refractivity contribution in [3.63, 3.8) is 0 Å². The van der Waals surface area contributed by atoms with Crippen LogP contribution < -0.4 is 5.32 Å². The number of carbonyl (C=O) groups excluding carboxylic acids is 3. The number of imide groups is 1. The first kappa shape index (κ1) is 20.6. The second-order valence-corrected chi connectivity index (χ2v) is 6.29. The third-order valence-electron chi connectivity index (χ3n) is 3.30. The molecule has 0 spiro atoms. The molecule has 1 aliphatic heterocycles. The van der Waals surface area contributed by atoms with E-state index < -0.39 is 6.29 Å². The Kier molecular flexibility index (Phi) is 9.62. The van der Waals surface area contributed by atoms with Crippen molar-refractivity contribution in [2.24, 2.45) is 0 Å². The largest absolute Gasteiger partial charge is 0.394 e. The molecule has 2 unspecified atom stereocenters. The Bertz CT molecular complexity index is 449. The Hall–Kier alpha value is -1.42. The SMILES string of the molecule is CCC(CO)OC(O)CSCCC(=O)NCCN1C(=O)C=CC1=O. The molecule has 0 aromatic carbocycles. The van der Waals surface area contributed by atoms with Gasteiger partial charge >= 0.3 is 0 Å². The molecular weight excluding hydrogens is 336 g/mol. The quantitative estimate of drug-likeness (QED) is 0.238. The monoisotopic (exact) mass is 360 g/mol. The van der Waals surface area contributed by atoms with Crippen molar-refractivity contribution in [3.05, 3.63) is 12.2 Å². The number of aliphatic hydroxyl groups is 2. The third kappa shape index (κ3) is 7.43. The highest BCUT2D eigenvalue weighted by molar-refractivity contribution is 7.99. The predicted molar refractivity (Wildman–Crippen MR) is 89.1 cm³/mol. The predicted octanol–water partition coefficient (Wildman–Crippen LogP) is -0.743. The van der Waals surface area contributed by atoms with Crippen LogP contribution in [0.15, 0.2) is 12.2 Å². The minimum Gasteiger partial charge on any atom is -0.394 e. The molecule has 0 bridgehead atoms.